The van der Waals surface area contributed by atoms with Crippen molar-refractivity contribution in [2.75, 3.05) is 0 Å². The first-order valence-electron chi connectivity index (χ1n) is 15.5. The molecule has 233 valence electrons. The van der Waals surface area contributed by atoms with Crippen LogP contribution in [0.3, 0.4) is 0 Å². The third-order valence-electron chi connectivity index (χ3n) is 8.66. The molecule has 1 aliphatic rings. The van der Waals surface area contributed by atoms with Crippen LogP contribution in [0.5, 0.6) is 11.5 Å². The van der Waals surface area contributed by atoms with Gasteiger partial charge in [-0.15, -0.1) is 18.2 Å². The maximum atomic E-state index is 11.7. The minimum Gasteiger partial charge on any atom is -0.512 e. The predicted octanol–water partition coefficient (Wildman–Crippen LogP) is 10.4. The molecule has 45 heavy (non-hydrogen) atoms. The minimum atomic E-state index is 0. The molecule has 6 nitrogen and oxygen atoms in total. The number of carbonyl (C=O) groups is 1. The molecular formula is C38H37IrN2O4-. The molecule has 0 atom stereocenters. The number of allylic oxidation sites excluding steroid dienone is 2. The number of nitrogens with zero attached hydrogens (tertiary/aromatic N) is 2. The van der Waals surface area contributed by atoms with Crippen molar-refractivity contribution >= 4 is 38.8 Å². The van der Waals surface area contributed by atoms with Gasteiger partial charge in [0.25, 0.3) is 0 Å². The summed E-state index contributed by atoms with van der Waals surface area (Å²) in [5.41, 5.74) is 5.35. The SMILES string of the molecule is CCC(CC)C(=O)/C=C(\O)C(CC)CC.[Ir].[c-]1ccc2c(oc3c2c2cccc4c2n3-c2ccccc2O4)c1-c1ccccn1. The number of benzene rings is 3. The number of ether oxygens (including phenoxy) is 1. The number of para-hydroxylation sites is 3. The van der Waals surface area contributed by atoms with Gasteiger partial charge in [-0.1, -0.05) is 75.0 Å². The molecule has 3 aromatic heterocycles. The largest absolute Gasteiger partial charge is 0.512 e. The van der Waals surface area contributed by atoms with Crippen LogP contribution in [0.1, 0.15) is 53.4 Å². The number of carbonyl (C=O) groups excluding carboxylic acids is 1. The standard InChI is InChI=1S/C25H13N2O2.C13H24O2.Ir/c1-2-12-20-19(11-1)27-23-16(8-6-13-21(23)28-20)22-17-9-5-7-15(24(17)29-25(22)27)18-10-3-4-14-26-18;1-5-10(6-2)12(14)9-13(15)11(7-3)8-4;/h1-6,8-14H;9-11,14H,5-8H2,1-4H3;/q-1;;/b;12-9-;. The minimum absolute atomic E-state index is 0. The normalized spacial score (nSPS) is 12.2. The van der Waals surface area contributed by atoms with E-state index in [9.17, 15) is 9.90 Å². The molecule has 1 N–H and O–H groups in total. The maximum absolute atomic E-state index is 11.7. The van der Waals surface area contributed by atoms with E-state index in [1.54, 1.807) is 6.20 Å². The third-order valence-corrected chi connectivity index (χ3v) is 8.66. The zero-order chi connectivity index (χ0) is 30.8. The van der Waals surface area contributed by atoms with Crippen molar-refractivity contribution in [2.24, 2.45) is 11.8 Å². The summed E-state index contributed by atoms with van der Waals surface area (Å²) in [6.45, 7) is 8.07. The molecule has 0 amide bonds. The molecule has 6 aromatic rings. The topological polar surface area (TPSA) is 77.5 Å². The summed E-state index contributed by atoms with van der Waals surface area (Å²) in [7, 11) is 0. The van der Waals surface area contributed by atoms with E-state index in [1.807, 2.05) is 82.3 Å². The second-order valence-corrected chi connectivity index (χ2v) is 11.1. The first kappa shape index (κ1) is 32.2. The van der Waals surface area contributed by atoms with Crippen LogP contribution in [0.2, 0.25) is 0 Å². The number of hydrogen-bond acceptors (Lipinski definition) is 5. The van der Waals surface area contributed by atoms with E-state index in [0.717, 1.165) is 87.1 Å². The Hall–Kier alpha value is -4.19. The van der Waals surface area contributed by atoms with Gasteiger partial charge in [-0.3, -0.25) is 9.36 Å². The van der Waals surface area contributed by atoms with Crippen molar-refractivity contribution in [3.8, 4) is 28.4 Å². The van der Waals surface area contributed by atoms with Crippen molar-refractivity contribution in [1.29, 1.82) is 0 Å². The van der Waals surface area contributed by atoms with E-state index in [4.69, 9.17) is 9.15 Å². The number of aliphatic hydroxyl groups excluding tert-OH is 1. The van der Waals surface area contributed by atoms with Gasteiger partial charge in [0.2, 0.25) is 5.71 Å². The summed E-state index contributed by atoms with van der Waals surface area (Å²) in [6, 6.07) is 27.4. The second kappa shape index (κ2) is 13.8. The van der Waals surface area contributed by atoms with Gasteiger partial charge in [0.15, 0.2) is 17.3 Å². The number of aromatic nitrogens is 2. The summed E-state index contributed by atoms with van der Waals surface area (Å²) in [5.74, 6) is 2.21. The van der Waals surface area contributed by atoms with Gasteiger partial charge in [-0.2, -0.15) is 0 Å². The van der Waals surface area contributed by atoms with E-state index < -0.39 is 0 Å². The molecule has 1 aliphatic heterocycles. The molecular weight excluding hydrogens is 741 g/mol. The number of rotatable bonds is 8. The number of furan rings is 1. The molecule has 0 fully saturated rings. The molecule has 1 radical (unpaired) electrons. The zero-order valence-electron chi connectivity index (χ0n) is 26.0. The molecule has 7 rings (SSSR count). The zero-order valence-corrected chi connectivity index (χ0v) is 28.4. The Morgan fingerprint density at radius 1 is 0.889 bits per heavy atom. The van der Waals surface area contributed by atoms with Crippen LogP contribution < -0.4 is 4.74 Å². The maximum Gasteiger partial charge on any atom is 0.202 e. The molecule has 4 heterocycles. The Kier molecular flexibility index (Phi) is 9.91. The van der Waals surface area contributed by atoms with E-state index >= 15 is 0 Å². The monoisotopic (exact) mass is 778 g/mol. The van der Waals surface area contributed by atoms with Crippen LogP contribution >= 0.6 is 0 Å². The average Bonchev–Trinajstić information content (AvgIpc) is 3.59. The Morgan fingerprint density at radius 2 is 1.60 bits per heavy atom. The van der Waals surface area contributed by atoms with Crippen LogP contribution in [0.25, 0.3) is 49.9 Å². The summed E-state index contributed by atoms with van der Waals surface area (Å²) in [6.07, 6.45) is 6.70. The predicted molar refractivity (Wildman–Crippen MR) is 177 cm³/mol. The van der Waals surface area contributed by atoms with Gasteiger partial charge >= 0.3 is 0 Å². The first-order chi connectivity index (χ1) is 21.5. The van der Waals surface area contributed by atoms with Crippen LogP contribution in [-0.4, -0.2) is 20.4 Å². The molecule has 0 aliphatic carbocycles. The van der Waals surface area contributed by atoms with Gasteiger partial charge in [-0.25, -0.2) is 0 Å². The number of hydrogen-bond donors (Lipinski definition) is 1. The van der Waals surface area contributed by atoms with Crippen LogP contribution in [-0.2, 0) is 24.9 Å². The van der Waals surface area contributed by atoms with Crippen LogP contribution in [0.4, 0.5) is 0 Å². The molecule has 0 spiro atoms. The van der Waals surface area contributed by atoms with Crippen molar-refractivity contribution in [2.45, 2.75) is 53.4 Å². The van der Waals surface area contributed by atoms with Crippen molar-refractivity contribution in [3.63, 3.8) is 0 Å². The molecule has 0 saturated carbocycles. The fraction of sp³-hybridized carbons (Fsp3) is 0.263. The van der Waals surface area contributed by atoms with Gasteiger partial charge in [0.05, 0.1) is 22.5 Å². The molecule has 0 unspecified atom stereocenters. The Balaban J connectivity index is 0.000000217. The van der Waals surface area contributed by atoms with Crippen LogP contribution in [0, 0.1) is 17.9 Å². The van der Waals surface area contributed by atoms with Crippen molar-refractivity contribution in [3.05, 3.63) is 96.9 Å². The summed E-state index contributed by atoms with van der Waals surface area (Å²) in [5, 5.41) is 13.0. The van der Waals surface area contributed by atoms with Gasteiger partial charge < -0.3 is 19.2 Å². The average molecular weight is 778 g/mol. The van der Waals surface area contributed by atoms with E-state index in [2.05, 4.69) is 33.8 Å². The summed E-state index contributed by atoms with van der Waals surface area (Å²) in [4.78, 5) is 16.2. The van der Waals surface area contributed by atoms with E-state index in [1.165, 1.54) is 6.08 Å². The summed E-state index contributed by atoms with van der Waals surface area (Å²) >= 11 is 0. The molecule has 3 aromatic carbocycles. The second-order valence-electron chi connectivity index (χ2n) is 11.1. The number of pyridine rings is 1. The summed E-state index contributed by atoms with van der Waals surface area (Å²) < 4.78 is 14.9. The molecule has 7 heteroatoms. The fourth-order valence-electron chi connectivity index (χ4n) is 6.16. The Morgan fingerprint density at radius 3 is 2.31 bits per heavy atom. The third kappa shape index (κ3) is 5.83. The molecule has 0 bridgehead atoms. The van der Waals surface area contributed by atoms with Crippen LogP contribution in [0.15, 0.2) is 95.2 Å². The quantitative estimate of drug-likeness (QED) is 0.0945. The number of aliphatic hydroxyl groups is 1. The van der Waals surface area contributed by atoms with Gasteiger partial charge in [0.1, 0.15) is 0 Å². The number of ketones is 1. The fourth-order valence-corrected chi connectivity index (χ4v) is 6.16. The number of fused-ring (bicyclic) bond motifs is 7. The Bertz CT molecular complexity index is 1980. The van der Waals surface area contributed by atoms with Crippen molar-refractivity contribution < 1.29 is 39.2 Å². The Labute approximate surface area is 277 Å². The van der Waals surface area contributed by atoms with E-state index in [-0.39, 0.29) is 43.5 Å². The van der Waals surface area contributed by atoms with Crippen molar-refractivity contribution in [1.82, 2.24) is 9.55 Å². The molecule has 0 saturated heterocycles. The van der Waals surface area contributed by atoms with Gasteiger partial charge in [0, 0.05) is 55.0 Å². The smallest absolute Gasteiger partial charge is 0.202 e. The van der Waals surface area contributed by atoms with E-state index in [0.29, 0.717) is 0 Å². The first-order valence-corrected chi connectivity index (χ1v) is 15.5. The van der Waals surface area contributed by atoms with Gasteiger partial charge in [-0.05, 0) is 55.6 Å².